The Morgan fingerprint density at radius 2 is 1.39 bits per heavy atom. The van der Waals surface area contributed by atoms with Gasteiger partial charge in [-0.3, -0.25) is 4.48 Å². The zero-order chi connectivity index (χ0) is 20.3. The summed E-state index contributed by atoms with van der Waals surface area (Å²) in [6.07, 6.45) is 25.0. The highest BCUT2D eigenvalue weighted by atomic mass is 16.3. The molecule has 1 aliphatic heterocycles. The van der Waals surface area contributed by atoms with Gasteiger partial charge < -0.3 is 5.11 Å². The molecule has 1 N–H and O–H groups in total. The van der Waals surface area contributed by atoms with Gasteiger partial charge in [0.15, 0.2) is 5.84 Å². The second kappa shape index (κ2) is 17.2. The molecule has 1 rings (SSSR count). The Kier molecular flexibility index (Phi) is 15.6. The fraction of sp³-hybridized carbons (Fsp3) is 0.880. The van der Waals surface area contributed by atoms with Crippen molar-refractivity contribution in [1.82, 2.24) is 0 Å². The number of nitrogens with zero attached hydrogens (tertiary/aromatic N) is 2. The number of aliphatic imine (C=N–C) groups is 1. The number of rotatable bonds is 19. The molecule has 3 nitrogen and oxygen atoms in total. The maximum Gasteiger partial charge on any atom is 0.198 e. The Bertz CT molecular complexity index is 419. The quantitative estimate of drug-likeness (QED) is 0.149. The number of aliphatic hydroxyl groups excluding tert-OH is 1. The van der Waals surface area contributed by atoms with Crippen molar-refractivity contribution in [2.45, 2.75) is 110 Å². The molecular formula is C25H49N2O+. The fourth-order valence-electron chi connectivity index (χ4n) is 4.43. The third-order valence-corrected chi connectivity index (χ3v) is 6.42. The summed E-state index contributed by atoms with van der Waals surface area (Å²) in [7, 11) is 0. The van der Waals surface area contributed by atoms with Crippen molar-refractivity contribution >= 4 is 5.84 Å². The first kappa shape index (κ1) is 25.4. The number of hydrogen-bond donors (Lipinski definition) is 1. The molecule has 0 bridgehead atoms. The molecule has 0 spiro atoms. The summed E-state index contributed by atoms with van der Waals surface area (Å²) in [4.78, 5) is 4.75. The van der Waals surface area contributed by atoms with E-state index in [1.165, 1.54) is 95.7 Å². The van der Waals surface area contributed by atoms with Gasteiger partial charge in [-0.05, 0) is 39.0 Å². The van der Waals surface area contributed by atoms with Crippen molar-refractivity contribution in [3.8, 4) is 0 Å². The summed E-state index contributed by atoms with van der Waals surface area (Å²) < 4.78 is 0.936. The predicted molar refractivity (Wildman–Crippen MR) is 124 cm³/mol. The van der Waals surface area contributed by atoms with E-state index in [0.717, 1.165) is 37.1 Å². The van der Waals surface area contributed by atoms with Gasteiger partial charge in [-0.2, -0.15) is 0 Å². The van der Waals surface area contributed by atoms with Crippen LogP contribution in [0.15, 0.2) is 17.1 Å². The monoisotopic (exact) mass is 393 g/mol. The van der Waals surface area contributed by atoms with Gasteiger partial charge in [0.2, 0.25) is 0 Å². The summed E-state index contributed by atoms with van der Waals surface area (Å²) in [6, 6.07) is 0. The number of aliphatic hydroxyl groups is 1. The van der Waals surface area contributed by atoms with Crippen LogP contribution in [0.4, 0.5) is 0 Å². The van der Waals surface area contributed by atoms with Gasteiger partial charge in [0, 0.05) is 6.42 Å². The maximum atomic E-state index is 9.37. The van der Waals surface area contributed by atoms with Crippen molar-refractivity contribution in [3.05, 3.63) is 12.2 Å². The Hall–Kier alpha value is -0.670. The first-order valence-electron chi connectivity index (χ1n) is 12.4. The Labute approximate surface area is 175 Å². The Morgan fingerprint density at radius 3 is 1.96 bits per heavy atom. The van der Waals surface area contributed by atoms with E-state index in [0.29, 0.717) is 0 Å². The molecule has 1 unspecified atom stereocenters. The van der Waals surface area contributed by atoms with Crippen LogP contribution in [0.3, 0.4) is 0 Å². The molecule has 164 valence electrons. The molecule has 0 aromatic rings. The van der Waals surface area contributed by atoms with E-state index < -0.39 is 0 Å². The van der Waals surface area contributed by atoms with Gasteiger partial charge in [0.1, 0.15) is 13.1 Å². The van der Waals surface area contributed by atoms with E-state index in [4.69, 9.17) is 4.99 Å². The van der Waals surface area contributed by atoms with Gasteiger partial charge in [0.05, 0.1) is 19.7 Å². The molecule has 0 fully saturated rings. The van der Waals surface area contributed by atoms with Crippen LogP contribution in [0.1, 0.15) is 110 Å². The minimum atomic E-state index is 0.272. The smallest absolute Gasteiger partial charge is 0.198 e. The fourth-order valence-corrected chi connectivity index (χ4v) is 4.43. The van der Waals surface area contributed by atoms with Gasteiger partial charge in [-0.1, -0.05) is 76.9 Å². The van der Waals surface area contributed by atoms with Crippen LogP contribution in [0.2, 0.25) is 0 Å². The number of unbranched alkanes of at least 4 members (excludes halogenated alkanes) is 12. The van der Waals surface area contributed by atoms with Gasteiger partial charge in [-0.25, -0.2) is 4.99 Å². The summed E-state index contributed by atoms with van der Waals surface area (Å²) in [5.74, 6) is 1.34. The zero-order valence-corrected chi connectivity index (χ0v) is 19.1. The summed E-state index contributed by atoms with van der Waals surface area (Å²) in [6.45, 7) is 8.73. The number of amidine groups is 1. The molecule has 1 aliphatic rings. The molecule has 1 heterocycles. The summed E-state index contributed by atoms with van der Waals surface area (Å²) in [5.41, 5.74) is 0. The first-order valence-corrected chi connectivity index (χ1v) is 12.4. The Morgan fingerprint density at radius 1 is 0.821 bits per heavy atom. The van der Waals surface area contributed by atoms with Crippen LogP contribution in [0.5, 0.6) is 0 Å². The molecular weight excluding hydrogens is 344 g/mol. The predicted octanol–water partition coefficient (Wildman–Crippen LogP) is 6.66. The van der Waals surface area contributed by atoms with Crippen LogP contribution in [-0.4, -0.2) is 48.2 Å². The number of hydrogen-bond acceptors (Lipinski definition) is 2. The number of quaternary nitrogens is 1. The molecule has 28 heavy (non-hydrogen) atoms. The lowest BCUT2D eigenvalue weighted by molar-refractivity contribution is -0.835. The van der Waals surface area contributed by atoms with Gasteiger partial charge in [0.25, 0.3) is 0 Å². The highest BCUT2D eigenvalue weighted by Crippen LogP contribution is 2.19. The van der Waals surface area contributed by atoms with E-state index in [-0.39, 0.29) is 6.61 Å². The highest BCUT2D eigenvalue weighted by molar-refractivity contribution is 5.76. The van der Waals surface area contributed by atoms with E-state index in [2.05, 4.69) is 26.0 Å². The van der Waals surface area contributed by atoms with Gasteiger partial charge >= 0.3 is 0 Å². The molecule has 0 aromatic carbocycles. The maximum absolute atomic E-state index is 9.37. The third-order valence-electron chi connectivity index (χ3n) is 6.42. The van der Waals surface area contributed by atoms with E-state index in [9.17, 15) is 5.11 Å². The standard InChI is InChI=1S/C25H49N2O/c1-3-5-6-7-8-9-10-11-12-13-14-15-16-17-18-19-20-25-26-21-22-27(25,4-2)23-24-28/h15-16,28H,3-14,17-24H2,1-2H3/q+1/b16-15+. The number of allylic oxidation sites excluding steroid dienone is 2. The van der Waals surface area contributed by atoms with Crippen molar-refractivity contribution in [3.63, 3.8) is 0 Å². The lowest BCUT2D eigenvalue weighted by atomic mass is 10.1. The second-order valence-corrected chi connectivity index (χ2v) is 8.62. The van der Waals surface area contributed by atoms with E-state index in [1.54, 1.807) is 0 Å². The molecule has 0 saturated carbocycles. The molecule has 0 radical (unpaired) electrons. The van der Waals surface area contributed by atoms with Crippen LogP contribution in [-0.2, 0) is 0 Å². The topological polar surface area (TPSA) is 32.6 Å². The molecule has 3 heteroatoms. The number of likely N-dealkylation sites (N-methyl/N-ethyl adjacent to an activating group) is 1. The van der Waals surface area contributed by atoms with Gasteiger partial charge in [-0.15, -0.1) is 0 Å². The first-order chi connectivity index (χ1) is 13.8. The van der Waals surface area contributed by atoms with Crippen molar-refractivity contribution in [2.75, 3.05) is 32.8 Å². The minimum absolute atomic E-state index is 0.272. The molecule has 0 saturated heterocycles. The molecule has 0 amide bonds. The van der Waals surface area contributed by atoms with Crippen molar-refractivity contribution in [1.29, 1.82) is 0 Å². The lowest BCUT2D eigenvalue weighted by Crippen LogP contribution is -2.52. The SMILES string of the molecule is CCCCCCCCCCCC/C=C/CCCCC1=NCC[N+]1(CC)CCO. The normalized spacial score (nSPS) is 19.6. The van der Waals surface area contributed by atoms with Crippen molar-refractivity contribution in [2.24, 2.45) is 4.99 Å². The zero-order valence-electron chi connectivity index (χ0n) is 19.1. The summed E-state index contributed by atoms with van der Waals surface area (Å²) >= 11 is 0. The van der Waals surface area contributed by atoms with Crippen LogP contribution < -0.4 is 0 Å². The Balaban J connectivity index is 1.92. The molecule has 0 aromatic heterocycles. The van der Waals surface area contributed by atoms with Crippen molar-refractivity contribution < 1.29 is 9.59 Å². The van der Waals surface area contributed by atoms with Crippen LogP contribution in [0, 0.1) is 0 Å². The van der Waals surface area contributed by atoms with Crippen LogP contribution >= 0.6 is 0 Å². The highest BCUT2D eigenvalue weighted by Gasteiger charge is 2.35. The van der Waals surface area contributed by atoms with Crippen LogP contribution in [0.25, 0.3) is 0 Å². The summed E-state index contributed by atoms with van der Waals surface area (Å²) in [5, 5.41) is 9.37. The second-order valence-electron chi connectivity index (χ2n) is 8.62. The minimum Gasteiger partial charge on any atom is -0.390 e. The lowest BCUT2D eigenvalue weighted by Gasteiger charge is -2.33. The van der Waals surface area contributed by atoms with E-state index in [1.807, 2.05) is 0 Å². The average Bonchev–Trinajstić information content (AvgIpc) is 3.11. The average molecular weight is 394 g/mol. The largest absolute Gasteiger partial charge is 0.390 e. The molecule has 1 atom stereocenters. The third kappa shape index (κ3) is 10.8. The van der Waals surface area contributed by atoms with E-state index >= 15 is 0 Å². The molecule has 0 aliphatic carbocycles.